The zero-order valence-electron chi connectivity index (χ0n) is 14.8. The molecule has 0 spiro atoms. The summed E-state index contributed by atoms with van der Waals surface area (Å²) in [4.78, 5) is 45.1. The van der Waals surface area contributed by atoms with Gasteiger partial charge in [-0.2, -0.15) is 0 Å². The molecule has 0 saturated carbocycles. The Balaban J connectivity index is 1.63. The second-order valence-electron chi connectivity index (χ2n) is 5.63. The van der Waals surface area contributed by atoms with Crippen LogP contribution in [0.3, 0.4) is 0 Å². The first-order valence-corrected chi connectivity index (χ1v) is 8.33. The van der Waals surface area contributed by atoms with E-state index in [0.29, 0.717) is 0 Å². The molecule has 0 aromatic heterocycles. The first-order valence-electron chi connectivity index (χ1n) is 8.33. The predicted octanol–water partition coefficient (Wildman–Crippen LogP) is 2.64. The normalized spacial score (nSPS) is 10.0. The largest absolute Gasteiger partial charge is 0.457 e. The van der Waals surface area contributed by atoms with E-state index < -0.39 is 29.4 Å². The standard InChI is InChI=1S/C19H18N2O7/c22-17(15-6-8-16(9-7-15)21(25)26)13-27-18(23)10-11-20-19(24)28-12-14-4-2-1-3-5-14/h1-9H,10-13H2,(H,20,24). The van der Waals surface area contributed by atoms with Crippen molar-refractivity contribution in [2.75, 3.05) is 13.2 Å². The number of hydrogen-bond acceptors (Lipinski definition) is 7. The summed E-state index contributed by atoms with van der Waals surface area (Å²) < 4.78 is 9.82. The van der Waals surface area contributed by atoms with Crippen LogP contribution in [-0.4, -0.2) is 35.9 Å². The van der Waals surface area contributed by atoms with Crippen LogP contribution in [0.25, 0.3) is 0 Å². The molecule has 9 nitrogen and oxygen atoms in total. The van der Waals surface area contributed by atoms with E-state index in [9.17, 15) is 24.5 Å². The van der Waals surface area contributed by atoms with Gasteiger partial charge in [-0.3, -0.25) is 19.7 Å². The molecule has 0 unspecified atom stereocenters. The summed E-state index contributed by atoms with van der Waals surface area (Å²) in [6.45, 7) is -0.381. The summed E-state index contributed by atoms with van der Waals surface area (Å²) >= 11 is 0. The predicted molar refractivity (Wildman–Crippen MR) is 97.6 cm³/mol. The fourth-order valence-corrected chi connectivity index (χ4v) is 2.11. The smallest absolute Gasteiger partial charge is 0.407 e. The molecule has 0 atom stereocenters. The molecule has 0 bridgehead atoms. The number of nitro groups is 1. The van der Waals surface area contributed by atoms with Crippen LogP contribution in [0.15, 0.2) is 54.6 Å². The molecule has 1 N–H and O–H groups in total. The summed E-state index contributed by atoms with van der Waals surface area (Å²) in [6, 6.07) is 14.1. The number of carbonyl (C=O) groups excluding carboxylic acids is 3. The third-order valence-electron chi connectivity index (χ3n) is 3.58. The number of carbonyl (C=O) groups is 3. The van der Waals surface area contributed by atoms with E-state index in [1.165, 1.54) is 24.3 Å². The Morgan fingerprint density at radius 3 is 2.29 bits per heavy atom. The van der Waals surface area contributed by atoms with Gasteiger partial charge in [-0.15, -0.1) is 0 Å². The highest BCUT2D eigenvalue weighted by Crippen LogP contribution is 2.12. The van der Waals surface area contributed by atoms with E-state index in [2.05, 4.69) is 5.32 Å². The van der Waals surface area contributed by atoms with Gasteiger partial charge in [0, 0.05) is 24.2 Å². The minimum atomic E-state index is -0.668. The molecule has 0 radical (unpaired) electrons. The number of rotatable bonds is 9. The van der Waals surface area contributed by atoms with E-state index in [1.54, 1.807) is 0 Å². The molecule has 0 saturated heterocycles. The Morgan fingerprint density at radius 2 is 1.64 bits per heavy atom. The van der Waals surface area contributed by atoms with Gasteiger partial charge in [0.2, 0.25) is 0 Å². The van der Waals surface area contributed by atoms with Crippen molar-refractivity contribution in [3.8, 4) is 0 Å². The molecule has 28 heavy (non-hydrogen) atoms. The van der Waals surface area contributed by atoms with Gasteiger partial charge >= 0.3 is 12.1 Å². The van der Waals surface area contributed by atoms with Crippen molar-refractivity contribution in [1.82, 2.24) is 5.32 Å². The van der Waals surface area contributed by atoms with Gasteiger partial charge in [0.1, 0.15) is 6.61 Å². The fraction of sp³-hybridized carbons (Fsp3) is 0.211. The summed E-state index contributed by atoms with van der Waals surface area (Å²) in [5, 5.41) is 13.0. The number of nitrogens with zero attached hydrogens (tertiary/aromatic N) is 1. The van der Waals surface area contributed by atoms with Crippen molar-refractivity contribution < 1.29 is 28.8 Å². The van der Waals surface area contributed by atoms with Gasteiger partial charge in [-0.25, -0.2) is 4.79 Å². The van der Waals surface area contributed by atoms with E-state index in [1.807, 2.05) is 30.3 Å². The van der Waals surface area contributed by atoms with Crippen molar-refractivity contribution >= 4 is 23.5 Å². The molecule has 2 rings (SSSR count). The number of alkyl carbamates (subject to hydrolysis) is 1. The summed E-state index contributed by atoms with van der Waals surface area (Å²) in [5.41, 5.74) is 0.890. The van der Waals surface area contributed by atoms with Gasteiger partial charge < -0.3 is 14.8 Å². The molecule has 0 aliphatic heterocycles. The summed E-state index contributed by atoms with van der Waals surface area (Å²) in [7, 11) is 0. The van der Waals surface area contributed by atoms with E-state index >= 15 is 0 Å². The average Bonchev–Trinajstić information content (AvgIpc) is 2.71. The number of Topliss-reactive ketones (excluding diaryl/α,β-unsaturated/α-hetero) is 1. The topological polar surface area (TPSA) is 125 Å². The Morgan fingerprint density at radius 1 is 0.964 bits per heavy atom. The van der Waals surface area contributed by atoms with Gasteiger partial charge in [0.05, 0.1) is 11.3 Å². The number of nitrogens with one attached hydrogen (secondary N) is 1. The lowest BCUT2D eigenvalue weighted by Gasteiger charge is -2.07. The van der Waals surface area contributed by atoms with Gasteiger partial charge in [-0.1, -0.05) is 30.3 Å². The van der Waals surface area contributed by atoms with E-state index in [-0.39, 0.29) is 30.8 Å². The lowest BCUT2D eigenvalue weighted by molar-refractivity contribution is -0.384. The second kappa shape index (κ2) is 10.4. The third kappa shape index (κ3) is 6.87. The molecule has 0 heterocycles. The third-order valence-corrected chi connectivity index (χ3v) is 3.58. The van der Waals surface area contributed by atoms with Crippen LogP contribution in [0.2, 0.25) is 0 Å². The zero-order chi connectivity index (χ0) is 20.4. The summed E-state index contributed by atoms with van der Waals surface area (Å²) in [5.74, 6) is -1.16. The molecule has 146 valence electrons. The molecular formula is C19H18N2O7. The van der Waals surface area contributed by atoms with Crippen LogP contribution in [0.4, 0.5) is 10.5 Å². The van der Waals surface area contributed by atoms with Gasteiger partial charge in [0.25, 0.3) is 5.69 Å². The van der Waals surface area contributed by atoms with Crippen molar-refractivity contribution in [3.05, 3.63) is 75.8 Å². The number of nitro benzene ring substituents is 1. The average molecular weight is 386 g/mol. The first kappa shape index (κ1) is 20.6. The number of ether oxygens (including phenoxy) is 2. The Bertz CT molecular complexity index is 835. The highest BCUT2D eigenvalue weighted by Gasteiger charge is 2.12. The molecule has 0 aliphatic rings. The molecular weight excluding hydrogens is 368 g/mol. The van der Waals surface area contributed by atoms with Crippen molar-refractivity contribution in [1.29, 1.82) is 0 Å². The minimum Gasteiger partial charge on any atom is -0.457 e. The Hall–Kier alpha value is -3.75. The summed E-state index contributed by atoms with van der Waals surface area (Å²) in [6.07, 6.45) is -0.799. The van der Waals surface area contributed by atoms with Crippen molar-refractivity contribution in [2.24, 2.45) is 0 Å². The first-order chi connectivity index (χ1) is 13.5. The van der Waals surface area contributed by atoms with Gasteiger partial charge in [-0.05, 0) is 17.7 Å². The monoisotopic (exact) mass is 386 g/mol. The van der Waals surface area contributed by atoms with Crippen LogP contribution in [0.5, 0.6) is 0 Å². The van der Waals surface area contributed by atoms with E-state index in [4.69, 9.17) is 9.47 Å². The highest BCUT2D eigenvalue weighted by atomic mass is 16.6. The second-order valence-corrected chi connectivity index (χ2v) is 5.63. The van der Waals surface area contributed by atoms with Crippen LogP contribution in [-0.2, 0) is 20.9 Å². The lowest BCUT2D eigenvalue weighted by atomic mass is 10.1. The molecule has 2 aromatic rings. The van der Waals surface area contributed by atoms with Crippen LogP contribution >= 0.6 is 0 Å². The lowest BCUT2D eigenvalue weighted by Crippen LogP contribution is -2.27. The molecule has 9 heteroatoms. The SMILES string of the molecule is O=C(CCNC(=O)OCc1ccccc1)OCC(=O)c1ccc([N+](=O)[O-])cc1. The molecule has 1 amide bonds. The highest BCUT2D eigenvalue weighted by molar-refractivity contribution is 5.98. The Kier molecular flexibility index (Phi) is 7.64. The molecule has 2 aromatic carbocycles. The molecule has 0 fully saturated rings. The van der Waals surface area contributed by atoms with Crippen LogP contribution in [0, 0.1) is 10.1 Å². The number of non-ortho nitro benzene ring substituents is 1. The zero-order valence-corrected chi connectivity index (χ0v) is 14.8. The molecule has 0 aliphatic carbocycles. The van der Waals surface area contributed by atoms with Crippen molar-refractivity contribution in [2.45, 2.75) is 13.0 Å². The minimum absolute atomic E-state index is 0.00181. The number of amides is 1. The van der Waals surface area contributed by atoms with Crippen LogP contribution < -0.4 is 5.32 Å². The number of ketones is 1. The van der Waals surface area contributed by atoms with Gasteiger partial charge in [0.15, 0.2) is 12.4 Å². The van der Waals surface area contributed by atoms with Crippen molar-refractivity contribution in [3.63, 3.8) is 0 Å². The number of hydrogen-bond donors (Lipinski definition) is 1. The Labute approximate surface area is 160 Å². The van der Waals surface area contributed by atoms with Crippen LogP contribution in [0.1, 0.15) is 22.3 Å². The quantitative estimate of drug-likeness (QED) is 0.304. The van der Waals surface area contributed by atoms with E-state index in [0.717, 1.165) is 5.56 Å². The number of esters is 1. The maximum atomic E-state index is 11.9. The maximum Gasteiger partial charge on any atom is 0.407 e. The number of benzene rings is 2. The maximum absolute atomic E-state index is 11.9. The fourth-order valence-electron chi connectivity index (χ4n) is 2.11.